The molecule has 3 rings (SSSR count). The maximum absolute atomic E-state index is 11.1. The van der Waals surface area contributed by atoms with E-state index in [1.807, 2.05) is 0 Å². The van der Waals surface area contributed by atoms with Crippen molar-refractivity contribution in [1.29, 1.82) is 0 Å². The molecule has 1 aromatic carbocycles. The van der Waals surface area contributed by atoms with Crippen LogP contribution in [0.3, 0.4) is 0 Å². The number of nitro groups is 1. The molecule has 2 aliphatic heterocycles. The Morgan fingerprint density at radius 3 is 2.70 bits per heavy atom. The van der Waals surface area contributed by atoms with Gasteiger partial charge in [-0.2, -0.15) is 0 Å². The van der Waals surface area contributed by atoms with Crippen LogP contribution < -0.4 is 9.64 Å². The first-order chi connectivity index (χ1) is 10.8. The third-order valence-corrected chi connectivity index (χ3v) is 4.07. The van der Waals surface area contributed by atoms with Gasteiger partial charge in [0.1, 0.15) is 18.8 Å². The zero-order chi connectivity index (χ0) is 16.6. The summed E-state index contributed by atoms with van der Waals surface area (Å²) in [7, 11) is 0. The molecule has 0 spiro atoms. The highest BCUT2D eigenvalue weighted by atomic mass is 16.6. The summed E-state index contributed by atoms with van der Waals surface area (Å²) in [6.07, 6.45) is 1.69. The van der Waals surface area contributed by atoms with Crippen molar-refractivity contribution in [2.75, 3.05) is 26.3 Å². The SMILES string of the molecule is CC(C)(O)/C=C1/Oc2ccc([N+](=O)[O-])cc2[C@H]1[NH+]1CCOCC1. The number of ether oxygens (including phenoxy) is 2. The highest BCUT2D eigenvalue weighted by Gasteiger charge is 2.40. The van der Waals surface area contributed by atoms with Crippen LogP contribution in [0.2, 0.25) is 0 Å². The maximum Gasteiger partial charge on any atom is 0.270 e. The van der Waals surface area contributed by atoms with Crippen LogP contribution in [0.25, 0.3) is 0 Å². The molecule has 0 aliphatic carbocycles. The summed E-state index contributed by atoms with van der Waals surface area (Å²) in [5.41, 5.74) is -0.172. The van der Waals surface area contributed by atoms with Crippen molar-refractivity contribution in [3.05, 3.63) is 45.7 Å². The van der Waals surface area contributed by atoms with Crippen LogP contribution in [0.15, 0.2) is 30.0 Å². The molecule has 2 heterocycles. The van der Waals surface area contributed by atoms with Gasteiger partial charge < -0.3 is 19.5 Å². The first-order valence-corrected chi connectivity index (χ1v) is 7.69. The number of benzene rings is 1. The smallest absolute Gasteiger partial charge is 0.270 e. The van der Waals surface area contributed by atoms with E-state index < -0.39 is 10.5 Å². The Labute approximate surface area is 134 Å². The lowest BCUT2D eigenvalue weighted by atomic mass is 10.0. The topological polar surface area (TPSA) is 86.3 Å². The summed E-state index contributed by atoms with van der Waals surface area (Å²) < 4.78 is 11.3. The molecule has 1 fully saturated rings. The molecule has 2 aliphatic rings. The van der Waals surface area contributed by atoms with Crippen LogP contribution in [-0.2, 0) is 4.74 Å². The number of hydrogen-bond acceptors (Lipinski definition) is 5. The van der Waals surface area contributed by atoms with Gasteiger partial charge >= 0.3 is 0 Å². The minimum atomic E-state index is -1.02. The molecule has 7 nitrogen and oxygen atoms in total. The minimum Gasteiger partial charge on any atom is -0.455 e. The van der Waals surface area contributed by atoms with E-state index in [4.69, 9.17) is 9.47 Å². The van der Waals surface area contributed by atoms with Crippen molar-refractivity contribution in [3.63, 3.8) is 0 Å². The lowest BCUT2D eigenvalue weighted by Crippen LogP contribution is -3.14. The number of rotatable bonds is 3. The van der Waals surface area contributed by atoms with Gasteiger partial charge in [0.2, 0.25) is 0 Å². The molecule has 0 aromatic heterocycles. The molecule has 0 radical (unpaired) electrons. The van der Waals surface area contributed by atoms with Gasteiger partial charge in [0.25, 0.3) is 5.69 Å². The summed E-state index contributed by atoms with van der Waals surface area (Å²) in [5, 5.41) is 21.2. The molecular weight excluding hydrogens is 300 g/mol. The molecular formula is C16H21N2O5+. The summed E-state index contributed by atoms with van der Waals surface area (Å²) in [4.78, 5) is 11.9. The molecule has 2 N–H and O–H groups in total. The Balaban J connectivity index is 2.04. The van der Waals surface area contributed by atoms with E-state index in [9.17, 15) is 15.2 Å². The van der Waals surface area contributed by atoms with E-state index in [0.717, 1.165) is 18.7 Å². The Bertz CT molecular complexity index is 644. The Hall–Kier alpha value is -1.96. The number of aliphatic hydroxyl groups is 1. The third kappa shape index (κ3) is 3.36. The van der Waals surface area contributed by atoms with Gasteiger partial charge in [-0.05, 0) is 26.0 Å². The number of morpholine rings is 1. The summed E-state index contributed by atoms with van der Waals surface area (Å²) in [6, 6.07) is 4.50. The van der Waals surface area contributed by atoms with Gasteiger partial charge in [-0.3, -0.25) is 10.1 Å². The average Bonchev–Trinajstić information content (AvgIpc) is 2.82. The van der Waals surface area contributed by atoms with Crippen molar-refractivity contribution in [3.8, 4) is 5.75 Å². The molecule has 1 aromatic rings. The van der Waals surface area contributed by atoms with Crippen LogP contribution in [0, 0.1) is 10.1 Å². The monoisotopic (exact) mass is 321 g/mol. The molecule has 1 atom stereocenters. The van der Waals surface area contributed by atoms with Crippen LogP contribution >= 0.6 is 0 Å². The quantitative estimate of drug-likeness (QED) is 0.629. The standard InChI is InChI=1S/C16H20N2O5/c1-16(2,19)10-14-15(17-5-7-22-8-6-17)12-9-11(18(20)21)3-4-13(12)23-14/h3-4,9-10,15,19H,5-8H2,1-2H3/p+1/b14-10+/t15-/m1/s1. The lowest BCUT2D eigenvalue weighted by molar-refractivity contribution is -0.933. The Morgan fingerprint density at radius 1 is 1.39 bits per heavy atom. The van der Waals surface area contributed by atoms with Crippen LogP contribution in [0.4, 0.5) is 5.69 Å². The number of fused-ring (bicyclic) bond motifs is 1. The van der Waals surface area contributed by atoms with Gasteiger partial charge in [-0.25, -0.2) is 0 Å². The second kappa shape index (κ2) is 5.92. The first-order valence-electron chi connectivity index (χ1n) is 7.69. The van der Waals surface area contributed by atoms with Crippen molar-refractivity contribution in [1.82, 2.24) is 0 Å². The molecule has 0 amide bonds. The fraction of sp³-hybridized carbons (Fsp3) is 0.500. The highest BCUT2D eigenvalue weighted by molar-refractivity contribution is 5.51. The molecule has 0 unspecified atom stereocenters. The van der Waals surface area contributed by atoms with Gasteiger partial charge in [0, 0.05) is 12.1 Å². The largest absolute Gasteiger partial charge is 0.455 e. The van der Waals surface area contributed by atoms with E-state index in [-0.39, 0.29) is 11.7 Å². The predicted molar refractivity (Wildman–Crippen MR) is 82.4 cm³/mol. The van der Waals surface area contributed by atoms with Crippen molar-refractivity contribution in [2.45, 2.75) is 25.5 Å². The summed E-state index contributed by atoms with van der Waals surface area (Å²) >= 11 is 0. The molecule has 7 heteroatoms. The van der Waals surface area contributed by atoms with Crippen LogP contribution in [0.1, 0.15) is 25.5 Å². The molecule has 0 bridgehead atoms. The predicted octanol–water partition coefficient (Wildman–Crippen LogP) is 0.598. The molecule has 0 saturated carbocycles. The number of nitro benzene ring substituents is 1. The van der Waals surface area contributed by atoms with E-state index in [1.54, 1.807) is 32.1 Å². The summed E-state index contributed by atoms with van der Waals surface area (Å²) in [6.45, 7) is 6.23. The molecule has 23 heavy (non-hydrogen) atoms. The number of nitrogens with one attached hydrogen (secondary N) is 1. The van der Waals surface area contributed by atoms with Gasteiger partial charge in [-0.1, -0.05) is 0 Å². The van der Waals surface area contributed by atoms with Gasteiger partial charge in [0.15, 0.2) is 11.8 Å². The number of nitrogens with zero attached hydrogens (tertiary/aromatic N) is 1. The maximum atomic E-state index is 11.1. The zero-order valence-electron chi connectivity index (χ0n) is 13.2. The second-order valence-corrected chi connectivity index (χ2v) is 6.49. The normalized spacial score (nSPS) is 23.6. The average molecular weight is 321 g/mol. The molecule has 124 valence electrons. The molecule has 1 saturated heterocycles. The lowest BCUT2D eigenvalue weighted by Gasteiger charge is -2.29. The van der Waals surface area contributed by atoms with Crippen LogP contribution in [0.5, 0.6) is 5.75 Å². The Morgan fingerprint density at radius 2 is 2.09 bits per heavy atom. The third-order valence-electron chi connectivity index (χ3n) is 4.07. The van der Waals surface area contributed by atoms with Crippen LogP contribution in [-0.4, -0.2) is 41.9 Å². The minimum absolute atomic E-state index is 0.0505. The van der Waals surface area contributed by atoms with E-state index in [2.05, 4.69) is 0 Å². The number of hydrogen-bond donors (Lipinski definition) is 2. The fourth-order valence-corrected chi connectivity index (χ4v) is 3.11. The van der Waals surface area contributed by atoms with Crippen molar-refractivity contribution < 1.29 is 24.4 Å². The second-order valence-electron chi connectivity index (χ2n) is 6.49. The fourth-order valence-electron chi connectivity index (χ4n) is 3.11. The van der Waals surface area contributed by atoms with Gasteiger partial charge in [-0.15, -0.1) is 0 Å². The number of non-ortho nitro benzene ring substituents is 1. The van der Waals surface area contributed by atoms with E-state index >= 15 is 0 Å². The first kappa shape index (κ1) is 15.9. The summed E-state index contributed by atoms with van der Waals surface area (Å²) in [5.74, 6) is 1.26. The van der Waals surface area contributed by atoms with E-state index in [0.29, 0.717) is 24.7 Å². The highest BCUT2D eigenvalue weighted by Crippen LogP contribution is 2.40. The Kier molecular flexibility index (Phi) is 4.09. The van der Waals surface area contributed by atoms with Gasteiger partial charge in [0.05, 0.1) is 29.3 Å². The van der Waals surface area contributed by atoms with Crippen molar-refractivity contribution >= 4 is 5.69 Å². The number of quaternary nitrogens is 1. The van der Waals surface area contributed by atoms with E-state index in [1.165, 1.54) is 11.0 Å². The van der Waals surface area contributed by atoms with Crippen molar-refractivity contribution in [2.24, 2.45) is 0 Å². The zero-order valence-corrected chi connectivity index (χ0v) is 13.2.